The Bertz CT molecular complexity index is 348. The Hall–Kier alpha value is -0.930. The first-order valence-electron chi connectivity index (χ1n) is 6.46. The summed E-state index contributed by atoms with van der Waals surface area (Å²) < 4.78 is 0. The zero-order chi connectivity index (χ0) is 12.3. The van der Waals surface area contributed by atoms with Gasteiger partial charge in [0, 0.05) is 31.0 Å². The Morgan fingerprint density at radius 2 is 2.35 bits per heavy atom. The van der Waals surface area contributed by atoms with Crippen LogP contribution in [0.5, 0.6) is 0 Å². The largest absolute Gasteiger partial charge is 0.330 e. The Balaban J connectivity index is 2.06. The van der Waals surface area contributed by atoms with Crippen LogP contribution in [-0.2, 0) is 6.54 Å². The van der Waals surface area contributed by atoms with Crippen LogP contribution in [0.15, 0.2) is 24.5 Å². The standard InChI is InChI=1S/C14H23N3/c1-14(2)6-5-12(8-15)10-17(14)11-13-4-3-7-16-9-13/h3-4,7,9,12H,5-6,8,10-11,15H2,1-2H3. The molecule has 0 spiro atoms. The fourth-order valence-electron chi connectivity index (χ4n) is 2.55. The maximum Gasteiger partial charge on any atom is 0.0312 e. The van der Waals surface area contributed by atoms with Crippen molar-refractivity contribution in [2.24, 2.45) is 11.7 Å². The van der Waals surface area contributed by atoms with Gasteiger partial charge in [-0.2, -0.15) is 0 Å². The normalized spacial score (nSPS) is 24.8. The van der Waals surface area contributed by atoms with Crippen molar-refractivity contribution in [2.45, 2.75) is 38.8 Å². The van der Waals surface area contributed by atoms with Crippen LogP contribution in [0.3, 0.4) is 0 Å². The molecule has 0 bridgehead atoms. The minimum absolute atomic E-state index is 0.279. The van der Waals surface area contributed by atoms with E-state index in [-0.39, 0.29) is 5.54 Å². The summed E-state index contributed by atoms with van der Waals surface area (Å²) in [6.07, 6.45) is 6.28. The summed E-state index contributed by atoms with van der Waals surface area (Å²) in [5.41, 5.74) is 7.38. The summed E-state index contributed by atoms with van der Waals surface area (Å²) in [5, 5.41) is 0. The summed E-state index contributed by atoms with van der Waals surface area (Å²) in [6, 6.07) is 4.15. The van der Waals surface area contributed by atoms with Gasteiger partial charge >= 0.3 is 0 Å². The van der Waals surface area contributed by atoms with E-state index in [9.17, 15) is 0 Å². The molecular weight excluding hydrogens is 210 g/mol. The molecule has 0 saturated carbocycles. The van der Waals surface area contributed by atoms with Crippen LogP contribution >= 0.6 is 0 Å². The van der Waals surface area contributed by atoms with E-state index in [4.69, 9.17) is 5.73 Å². The van der Waals surface area contributed by atoms with Gasteiger partial charge in [0.2, 0.25) is 0 Å². The highest BCUT2D eigenvalue weighted by molar-refractivity contribution is 5.09. The highest BCUT2D eigenvalue weighted by Crippen LogP contribution is 2.31. The molecule has 17 heavy (non-hydrogen) atoms. The quantitative estimate of drug-likeness (QED) is 0.868. The molecule has 1 atom stereocenters. The number of rotatable bonds is 3. The molecule has 1 aromatic heterocycles. The Labute approximate surface area is 104 Å². The second-order valence-electron chi connectivity index (χ2n) is 5.69. The fourth-order valence-corrected chi connectivity index (χ4v) is 2.55. The molecule has 2 heterocycles. The number of nitrogens with zero attached hydrogens (tertiary/aromatic N) is 2. The molecule has 0 aromatic carbocycles. The lowest BCUT2D eigenvalue weighted by Gasteiger charge is -2.45. The molecular formula is C14H23N3. The van der Waals surface area contributed by atoms with Crippen LogP contribution < -0.4 is 5.73 Å². The molecule has 0 radical (unpaired) electrons. The van der Waals surface area contributed by atoms with Crippen LogP contribution in [0.25, 0.3) is 0 Å². The van der Waals surface area contributed by atoms with Crippen molar-refractivity contribution < 1.29 is 0 Å². The van der Waals surface area contributed by atoms with Gasteiger partial charge < -0.3 is 5.73 Å². The van der Waals surface area contributed by atoms with E-state index in [2.05, 4.69) is 29.8 Å². The Morgan fingerprint density at radius 1 is 1.53 bits per heavy atom. The van der Waals surface area contributed by atoms with Crippen molar-refractivity contribution in [1.29, 1.82) is 0 Å². The maximum atomic E-state index is 5.81. The molecule has 0 amide bonds. The van der Waals surface area contributed by atoms with E-state index in [0.717, 1.165) is 19.6 Å². The first-order valence-corrected chi connectivity index (χ1v) is 6.46. The number of hydrogen-bond acceptors (Lipinski definition) is 3. The van der Waals surface area contributed by atoms with Gasteiger partial charge in [-0.3, -0.25) is 9.88 Å². The van der Waals surface area contributed by atoms with E-state index in [1.807, 2.05) is 18.5 Å². The minimum atomic E-state index is 0.279. The zero-order valence-electron chi connectivity index (χ0n) is 10.9. The van der Waals surface area contributed by atoms with E-state index in [1.165, 1.54) is 18.4 Å². The van der Waals surface area contributed by atoms with Crippen molar-refractivity contribution in [3.05, 3.63) is 30.1 Å². The monoisotopic (exact) mass is 233 g/mol. The van der Waals surface area contributed by atoms with Crippen LogP contribution in [0, 0.1) is 5.92 Å². The number of pyridine rings is 1. The number of likely N-dealkylation sites (tertiary alicyclic amines) is 1. The Morgan fingerprint density at radius 3 is 3.00 bits per heavy atom. The maximum absolute atomic E-state index is 5.81. The number of piperidine rings is 1. The lowest BCUT2D eigenvalue weighted by Crippen LogP contribution is -2.51. The summed E-state index contributed by atoms with van der Waals surface area (Å²) >= 11 is 0. The van der Waals surface area contributed by atoms with Gasteiger partial charge in [-0.15, -0.1) is 0 Å². The van der Waals surface area contributed by atoms with E-state index >= 15 is 0 Å². The van der Waals surface area contributed by atoms with E-state index in [1.54, 1.807) is 0 Å². The topological polar surface area (TPSA) is 42.1 Å². The van der Waals surface area contributed by atoms with Crippen molar-refractivity contribution in [2.75, 3.05) is 13.1 Å². The average molecular weight is 233 g/mol. The lowest BCUT2D eigenvalue weighted by atomic mass is 9.84. The number of hydrogen-bond donors (Lipinski definition) is 1. The van der Waals surface area contributed by atoms with E-state index < -0.39 is 0 Å². The molecule has 1 aliphatic heterocycles. The number of nitrogens with two attached hydrogens (primary N) is 1. The molecule has 1 aliphatic rings. The van der Waals surface area contributed by atoms with Gasteiger partial charge in [0.05, 0.1) is 0 Å². The summed E-state index contributed by atoms with van der Waals surface area (Å²) in [5.74, 6) is 0.652. The molecule has 1 fully saturated rings. The average Bonchev–Trinajstić information content (AvgIpc) is 2.33. The highest BCUT2D eigenvalue weighted by Gasteiger charge is 2.33. The third-order valence-corrected chi connectivity index (χ3v) is 3.93. The molecule has 1 unspecified atom stereocenters. The third kappa shape index (κ3) is 3.05. The van der Waals surface area contributed by atoms with Crippen LogP contribution in [0.2, 0.25) is 0 Å². The molecule has 94 valence electrons. The van der Waals surface area contributed by atoms with Gasteiger partial charge in [-0.1, -0.05) is 6.07 Å². The molecule has 3 heteroatoms. The molecule has 2 N–H and O–H groups in total. The summed E-state index contributed by atoms with van der Waals surface area (Å²) in [7, 11) is 0. The van der Waals surface area contributed by atoms with Crippen molar-refractivity contribution in [3.8, 4) is 0 Å². The fraction of sp³-hybridized carbons (Fsp3) is 0.643. The first kappa shape index (κ1) is 12.5. The molecule has 1 saturated heterocycles. The van der Waals surface area contributed by atoms with Gasteiger partial charge in [-0.25, -0.2) is 0 Å². The molecule has 2 rings (SSSR count). The van der Waals surface area contributed by atoms with Gasteiger partial charge in [-0.05, 0) is 50.8 Å². The second kappa shape index (κ2) is 5.15. The Kier molecular flexibility index (Phi) is 3.79. The molecule has 0 aliphatic carbocycles. The van der Waals surface area contributed by atoms with Crippen molar-refractivity contribution in [3.63, 3.8) is 0 Å². The smallest absolute Gasteiger partial charge is 0.0312 e. The second-order valence-corrected chi connectivity index (χ2v) is 5.69. The van der Waals surface area contributed by atoms with Crippen molar-refractivity contribution >= 4 is 0 Å². The van der Waals surface area contributed by atoms with Crippen LogP contribution in [0.4, 0.5) is 0 Å². The summed E-state index contributed by atoms with van der Waals surface area (Å²) in [6.45, 7) is 7.56. The predicted octanol–water partition coefficient (Wildman–Crippen LogP) is 2.03. The first-order chi connectivity index (χ1) is 8.12. The van der Waals surface area contributed by atoms with E-state index in [0.29, 0.717) is 5.92 Å². The minimum Gasteiger partial charge on any atom is -0.330 e. The van der Waals surface area contributed by atoms with Crippen LogP contribution in [-0.4, -0.2) is 28.5 Å². The summed E-state index contributed by atoms with van der Waals surface area (Å²) in [4.78, 5) is 6.73. The van der Waals surface area contributed by atoms with Gasteiger partial charge in [0.25, 0.3) is 0 Å². The van der Waals surface area contributed by atoms with Gasteiger partial charge in [0.1, 0.15) is 0 Å². The highest BCUT2D eigenvalue weighted by atomic mass is 15.2. The molecule has 1 aromatic rings. The van der Waals surface area contributed by atoms with Gasteiger partial charge in [0.15, 0.2) is 0 Å². The van der Waals surface area contributed by atoms with Crippen molar-refractivity contribution in [1.82, 2.24) is 9.88 Å². The zero-order valence-corrected chi connectivity index (χ0v) is 10.9. The third-order valence-electron chi connectivity index (χ3n) is 3.93. The SMILES string of the molecule is CC1(C)CCC(CN)CN1Cc1cccnc1. The van der Waals surface area contributed by atoms with Crippen LogP contribution in [0.1, 0.15) is 32.3 Å². The lowest BCUT2D eigenvalue weighted by molar-refractivity contribution is 0.0402. The number of aromatic nitrogens is 1. The predicted molar refractivity (Wildman–Crippen MR) is 70.5 cm³/mol. The molecule has 3 nitrogen and oxygen atoms in total.